The molecule has 6 nitrogen and oxygen atoms in total. The number of hydrogen-bond acceptors (Lipinski definition) is 5. The maximum atomic E-state index is 13.5. The lowest BCUT2D eigenvalue weighted by Gasteiger charge is -2.18. The Morgan fingerprint density at radius 2 is 1.94 bits per heavy atom. The Hall–Kier alpha value is -3.43. The second-order valence-electron chi connectivity index (χ2n) is 7.05. The molecule has 0 bridgehead atoms. The first-order valence-corrected chi connectivity index (χ1v) is 9.53. The fourth-order valence-electron chi connectivity index (χ4n) is 3.24. The van der Waals surface area contributed by atoms with Crippen LogP contribution in [-0.2, 0) is 4.79 Å². The van der Waals surface area contributed by atoms with Crippen LogP contribution < -0.4 is 4.74 Å². The van der Waals surface area contributed by atoms with Crippen LogP contribution in [0.25, 0.3) is 0 Å². The second kappa shape index (κ2) is 10.7. The van der Waals surface area contributed by atoms with Gasteiger partial charge in [-0.15, -0.1) is 0 Å². The highest BCUT2D eigenvalue weighted by molar-refractivity contribution is 7.59. The van der Waals surface area contributed by atoms with Gasteiger partial charge in [-0.3, -0.25) is 14.6 Å². The predicted octanol–water partition coefficient (Wildman–Crippen LogP) is 3.33. The average Bonchev–Trinajstić information content (AvgIpc) is 3.11. The van der Waals surface area contributed by atoms with Gasteiger partial charge >= 0.3 is 0 Å². The normalized spacial score (nSPS) is 16.2. The number of alkyl halides is 2. The monoisotopic (exact) mass is 457 g/mol. The third kappa shape index (κ3) is 6.05. The summed E-state index contributed by atoms with van der Waals surface area (Å²) in [5.41, 5.74) is 1.42. The predicted molar refractivity (Wildman–Crippen MR) is 118 cm³/mol. The number of rotatable bonds is 5. The first-order valence-electron chi connectivity index (χ1n) is 9.53. The minimum atomic E-state index is -3.09. The van der Waals surface area contributed by atoms with Gasteiger partial charge in [0.2, 0.25) is 5.91 Å². The Balaban J connectivity index is 0.00000363. The number of hydrogen-bond donors (Lipinski definition) is 0. The van der Waals surface area contributed by atoms with Crippen molar-refractivity contribution in [3.8, 4) is 23.7 Å². The lowest BCUT2D eigenvalue weighted by molar-refractivity contribution is -0.132. The van der Waals surface area contributed by atoms with Gasteiger partial charge in [0.05, 0.1) is 25.3 Å². The van der Waals surface area contributed by atoms with Gasteiger partial charge in [0.25, 0.3) is 5.92 Å². The number of carbonyl (C=O) groups is 2. The summed E-state index contributed by atoms with van der Waals surface area (Å²) in [6.45, 7) is -0.800. The van der Waals surface area contributed by atoms with E-state index in [1.165, 1.54) is 18.5 Å². The summed E-state index contributed by atoms with van der Waals surface area (Å²) in [5, 5.41) is 9.02. The third-order valence-electron chi connectivity index (χ3n) is 4.86. The van der Waals surface area contributed by atoms with Crippen LogP contribution in [0.5, 0.6) is 5.75 Å². The average molecular weight is 458 g/mol. The summed E-state index contributed by atoms with van der Waals surface area (Å²) >= 11 is 0. The summed E-state index contributed by atoms with van der Waals surface area (Å²) in [4.78, 5) is 29.8. The maximum absolute atomic E-state index is 13.5. The van der Waals surface area contributed by atoms with E-state index in [9.17, 15) is 18.4 Å². The van der Waals surface area contributed by atoms with Crippen LogP contribution in [0.2, 0.25) is 0 Å². The van der Waals surface area contributed by atoms with Gasteiger partial charge < -0.3 is 9.64 Å². The molecule has 0 saturated carbocycles. The first kappa shape index (κ1) is 24.8. The lowest BCUT2D eigenvalue weighted by atomic mass is 10.0. The highest BCUT2D eigenvalue weighted by Gasteiger charge is 2.47. The maximum Gasteiger partial charge on any atom is 0.268 e. The number of nitriles is 1. The van der Waals surface area contributed by atoms with E-state index >= 15 is 0 Å². The summed E-state index contributed by atoms with van der Waals surface area (Å²) in [5.74, 6) is 2.47. The molecule has 0 N–H and O–H groups in total. The minimum Gasteiger partial charge on any atom is -0.497 e. The van der Waals surface area contributed by atoms with Crippen molar-refractivity contribution in [2.45, 2.75) is 31.2 Å². The molecule has 2 aromatic rings. The van der Waals surface area contributed by atoms with Gasteiger partial charge in [0.15, 0.2) is 5.78 Å². The summed E-state index contributed by atoms with van der Waals surface area (Å²) in [6, 6.07) is 9.14. The molecule has 166 valence electrons. The van der Waals surface area contributed by atoms with Crippen molar-refractivity contribution in [1.82, 2.24) is 9.88 Å². The number of ketones is 1. The zero-order chi connectivity index (χ0) is 22.4. The van der Waals surface area contributed by atoms with E-state index in [2.05, 4.69) is 16.8 Å². The van der Waals surface area contributed by atoms with Crippen molar-refractivity contribution < 1.29 is 23.1 Å². The molecule has 0 radical (unpaired) electrons. The van der Waals surface area contributed by atoms with Gasteiger partial charge in [-0.2, -0.15) is 18.8 Å². The molecule has 1 aromatic carbocycles. The number of amides is 1. The zero-order valence-corrected chi connectivity index (χ0v) is 18.3. The largest absolute Gasteiger partial charge is 0.497 e. The van der Waals surface area contributed by atoms with Gasteiger partial charge in [0.1, 0.15) is 11.8 Å². The van der Waals surface area contributed by atoms with Crippen LogP contribution in [-0.4, -0.2) is 47.2 Å². The number of nitrogens with zero attached hydrogens (tertiary/aromatic N) is 3. The van der Waals surface area contributed by atoms with Crippen LogP contribution in [0.3, 0.4) is 0 Å². The number of ether oxygens (including phenoxy) is 1. The van der Waals surface area contributed by atoms with Gasteiger partial charge in [-0.1, -0.05) is 11.8 Å². The van der Waals surface area contributed by atoms with Gasteiger partial charge in [0, 0.05) is 42.8 Å². The van der Waals surface area contributed by atoms with Crippen molar-refractivity contribution in [2.75, 3.05) is 13.7 Å². The standard InChI is InChI=1S/C23H19F2N3O3.H2S/c1-31-19-6-3-16(4-7-19)2-5-17-14-27-11-10-20(17)21(29)8-9-22(30)28-15-23(24,25)12-18(28)13-26;/h3-4,6-7,10-11,14,18H,8-9,12,15H2,1H3;1H2/t18-;/m0./s1. The molecule has 1 aromatic heterocycles. The van der Waals surface area contributed by atoms with E-state index in [4.69, 9.17) is 10.00 Å². The molecule has 1 aliphatic heterocycles. The third-order valence-corrected chi connectivity index (χ3v) is 4.86. The molecule has 2 heterocycles. The molecule has 9 heteroatoms. The number of methoxy groups -OCH3 is 1. The van der Waals surface area contributed by atoms with Gasteiger partial charge in [-0.25, -0.2) is 8.78 Å². The SMILES string of the molecule is COc1ccc(C#Cc2cnccc2C(=O)CCC(=O)N2CC(F)(F)C[C@H]2C#N)cc1.S. The molecule has 0 unspecified atom stereocenters. The highest BCUT2D eigenvalue weighted by Crippen LogP contribution is 2.32. The fourth-order valence-corrected chi connectivity index (χ4v) is 3.24. The van der Waals surface area contributed by atoms with Crippen molar-refractivity contribution in [1.29, 1.82) is 5.26 Å². The number of pyridine rings is 1. The zero-order valence-electron chi connectivity index (χ0n) is 17.3. The van der Waals surface area contributed by atoms with Gasteiger partial charge in [-0.05, 0) is 30.3 Å². The Bertz CT molecular complexity index is 1090. The molecular weight excluding hydrogens is 436 g/mol. The molecular formula is C23H21F2N3O3S. The molecule has 0 aliphatic carbocycles. The number of likely N-dealkylation sites (tertiary alicyclic amines) is 1. The quantitative estimate of drug-likeness (QED) is 0.508. The molecule has 1 atom stereocenters. The topological polar surface area (TPSA) is 83.3 Å². The molecule has 1 amide bonds. The first-order chi connectivity index (χ1) is 14.8. The van der Waals surface area contributed by atoms with Crippen molar-refractivity contribution in [3.05, 3.63) is 59.4 Å². The van der Waals surface area contributed by atoms with Crippen LogP contribution in [0.4, 0.5) is 8.78 Å². The number of aromatic nitrogens is 1. The summed E-state index contributed by atoms with van der Waals surface area (Å²) in [6.07, 6.45) is 1.78. The Morgan fingerprint density at radius 1 is 1.22 bits per heavy atom. The Kier molecular flexibility index (Phi) is 8.34. The molecule has 1 fully saturated rings. The number of Topliss-reactive ketones (excluding diaryl/α,β-unsaturated/α-hetero) is 1. The van der Waals surface area contributed by atoms with Crippen LogP contribution >= 0.6 is 13.5 Å². The van der Waals surface area contributed by atoms with Crippen molar-refractivity contribution >= 4 is 25.2 Å². The second-order valence-corrected chi connectivity index (χ2v) is 7.05. The summed E-state index contributed by atoms with van der Waals surface area (Å²) in [7, 11) is 1.56. The smallest absolute Gasteiger partial charge is 0.268 e. The molecule has 32 heavy (non-hydrogen) atoms. The number of benzene rings is 1. The van der Waals surface area contributed by atoms with Crippen LogP contribution in [0.1, 0.15) is 40.7 Å². The van der Waals surface area contributed by atoms with E-state index < -0.39 is 30.8 Å². The number of carbonyl (C=O) groups excluding carboxylic acids is 2. The molecule has 0 spiro atoms. The van der Waals surface area contributed by atoms with E-state index in [1.807, 2.05) is 0 Å². The van der Waals surface area contributed by atoms with Crippen LogP contribution in [0, 0.1) is 23.2 Å². The van der Waals surface area contributed by atoms with E-state index in [0.29, 0.717) is 16.9 Å². The molecule has 1 saturated heterocycles. The van der Waals surface area contributed by atoms with Crippen LogP contribution in [0.15, 0.2) is 42.7 Å². The lowest BCUT2D eigenvalue weighted by Crippen LogP contribution is -2.36. The number of halogens is 2. The Labute approximate surface area is 191 Å². The van der Waals surface area contributed by atoms with E-state index in [-0.39, 0.29) is 32.1 Å². The van der Waals surface area contributed by atoms with Crippen molar-refractivity contribution in [2.24, 2.45) is 0 Å². The van der Waals surface area contributed by atoms with E-state index in [1.54, 1.807) is 37.4 Å². The molecule has 3 rings (SSSR count). The van der Waals surface area contributed by atoms with E-state index in [0.717, 1.165) is 10.5 Å². The Morgan fingerprint density at radius 3 is 2.59 bits per heavy atom. The van der Waals surface area contributed by atoms with Crippen molar-refractivity contribution in [3.63, 3.8) is 0 Å². The molecule has 1 aliphatic rings. The fraction of sp³-hybridized carbons (Fsp3) is 0.304. The highest BCUT2D eigenvalue weighted by atomic mass is 32.1. The minimum absolute atomic E-state index is 0. The summed E-state index contributed by atoms with van der Waals surface area (Å²) < 4.78 is 32.2.